The molecule has 0 unspecified atom stereocenters. The van der Waals surface area contributed by atoms with Crippen LogP contribution >= 0.6 is 11.6 Å². The second-order valence-electron chi connectivity index (χ2n) is 5.30. The molecule has 0 atom stereocenters. The first-order valence-corrected chi connectivity index (χ1v) is 8.20. The van der Waals surface area contributed by atoms with Gasteiger partial charge in [-0.3, -0.25) is 4.99 Å². The predicted molar refractivity (Wildman–Crippen MR) is 94.4 cm³/mol. The van der Waals surface area contributed by atoms with E-state index >= 15 is 0 Å². The summed E-state index contributed by atoms with van der Waals surface area (Å²) >= 11 is 5.93. The van der Waals surface area contributed by atoms with Crippen molar-refractivity contribution in [3.63, 3.8) is 0 Å². The Morgan fingerprint density at radius 3 is 2.48 bits per heavy atom. The number of guanidine groups is 1. The molecule has 0 bridgehead atoms. The maximum atomic E-state index is 6.05. The van der Waals surface area contributed by atoms with Gasteiger partial charge in [0.05, 0.1) is 26.4 Å². The Kier molecular flexibility index (Phi) is 7.45. The molecule has 1 saturated heterocycles. The monoisotopic (exact) mass is 340 g/mol. The van der Waals surface area contributed by atoms with Crippen LogP contribution in [0, 0.1) is 0 Å². The van der Waals surface area contributed by atoms with E-state index < -0.39 is 0 Å². The molecule has 0 radical (unpaired) electrons. The third-order valence-electron chi connectivity index (χ3n) is 3.74. The molecule has 0 amide bonds. The lowest BCUT2D eigenvalue weighted by atomic mass is 10.2. The number of hydrogen-bond donors (Lipinski definition) is 1. The number of halogens is 1. The molecule has 0 aliphatic carbocycles. The van der Waals surface area contributed by atoms with Crippen molar-refractivity contribution in [2.24, 2.45) is 10.7 Å². The topological polar surface area (TPSA) is 63.3 Å². The Morgan fingerprint density at radius 1 is 1.13 bits per heavy atom. The molecule has 1 aliphatic heterocycles. The van der Waals surface area contributed by atoms with E-state index in [1.165, 1.54) is 5.69 Å². The van der Waals surface area contributed by atoms with Crippen molar-refractivity contribution in [1.82, 2.24) is 4.90 Å². The van der Waals surface area contributed by atoms with Crippen molar-refractivity contribution in [2.75, 3.05) is 64.6 Å². The summed E-state index contributed by atoms with van der Waals surface area (Å²) in [5.74, 6) is 0.594. The van der Waals surface area contributed by atoms with Gasteiger partial charge in [0.1, 0.15) is 0 Å². The van der Waals surface area contributed by atoms with Gasteiger partial charge in [-0.25, -0.2) is 0 Å². The third-order valence-corrected chi connectivity index (χ3v) is 3.99. The Bertz CT molecular complexity index is 487. The molecule has 0 saturated carbocycles. The van der Waals surface area contributed by atoms with Gasteiger partial charge in [0.2, 0.25) is 0 Å². The molecule has 2 N–H and O–H groups in total. The van der Waals surface area contributed by atoms with Crippen LogP contribution in [0.15, 0.2) is 29.3 Å². The van der Waals surface area contributed by atoms with Crippen molar-refractivity contribution in [3.8, 4) is 0 Å². The number of methoxy groups -OCH3 is 1. The van der Waals surface area contributed by atoms with Crippen molar-refractivity contribution in [1.29, 1.82) is 0 Å². The van der Waals surface area contributed by atoms with Crippen LogP contribution in [-0.2, 0) is 9.47 Å². The van der Waals surface area contributed by atoms with Crippen molar-refractivity contribution in [3.05, 3.63) is 29.3 Å². The second kappa shape index (κ2) is 9.60. The third kappa shape index (κ3) is 5.89. The number of ether oxygens (including phenoxy) is 2. The second-order valence-corrected chi connectivity index (χ2v) is 5.73. The zero-order valence-corrected chi connectivity index (χ0v) is 14.3. The Balaban J connectivity index is 1.71. The summed E-state index contributed by atoms with van der Waals surface area (Å²) in [7, 11) is 1.66. The molecule has 128 valence electrons. The highest BCUT2D eigenvalue weighted by Gasteiger charge is 2.18. The lowest BCUT2D eigenvalue weighted by Crippen LogP contribution is -2.51. The van der Waals surface area contributed by atoms with Crippen LogP contribution in [0.4, 0.5) is 5.69 Å². The average molecular weight is 341 g/mol. The number of hydrogen-bond acceptors (Lipinski definition) is 4. The first kappa shape index (κ1) is 17.8. The number of anilines is 1. The largest absolute Gasteiger partial charge is 0.382 e. The quantitative estimate of drug-likeness (QED) is 0.462. The maximum Gasteiger partial charge on any atom is 0.191 e. The van der Waals surface area contributed by atoms with Gasteiger partial charge in [0, 0.05) is 44.0 Å². The minimum atomic E-state index is 0.564. The van der Waals surface area contributed by atoms with E-state index in [0.717, 1.165) is 31.2 Å². The summed E-state index contributed by atoms with van der Waals surface area (Å²) in [6.45, 7) is 5.90. The number of aliphatic imine (C=N–C) groups is 1. The van der Waals surface area contributed by atoms with E-state index in [1.807, 2.05) is 24.3 Å². The van der Waals surface area contributed by atoms with Gasteiger partial charge >= 0.3 is 0 Å². The van der Waals surface area contributed by atoms with Crippen LogP contribution in [0.5, 0.6) is 0 Å². The van der Waals surface area contributed by atoms with Crippen LogP contribution < -0.4 is 10.6 Å². The summed E-state index contributed by atoms with van der Waals surface area (Å²) in [6, 6.07) is 7.94. The normalized spacial score (nSPS) is 16.0. The van der Waals surface area contributed by atoms with Gasteiger partial charge < -0.3 is 25.0 Å². The molecule has 0 aromatic heterocycles. The molecule has 6 nitrogen and oxygen atoms in total. The lowest BCUT2D eigenvalue weighted by molar-refractivity contribution is 0.0747. The fraction of sp³-hybridized carbons (Fsp3) is 0.562. The fourth-order valence-electron chi connectivity index (χ4n) is 2.41. The van der Waals surface area contributed by atoms with Crippen LogP contribution in [0.1, 0.15) is 0 Å². The van der Waals surface area contributed by atoms with Gasteiger partial charge in [0.15, 0.2) is 5.96 Å². The molecule has 1 aliphatic rings. The smallest absolute Gasteiger partial charge is 0.191 e. The molecule has 1 aromatic carbocycles. The molecular formula is C16H25ClN4O2. The first-order valence-electron chi connectivity index (χ1n) is 7.83. The molecule has 23 heavy (non-hydrogen) atoms. The summed E-state index contributed by atoms with van der Waals surface area (Å²) in [5.41, 5.74) is 7.24. The zero-order valence-electron chi connectivity index (χ0n) is 13.6. The summed E-state index contributed by atoms with van der Waals surface area (Å²) in [6.07, 6.45) is 0. The van der Waals surface area contributed by atoms with E-state index in [9.17, 15) is 0 Å². The zero-order chi connectivity index (χ0) is 16.5. The standard InChI is InChI=1S/C16H25ClN4O2/c1-22-12-13-23-11-6-19-16(18)21-9-7-20(8-10-21)15-4-2-14(17)3-5-15/h2-5H,6-13H2,1H3,(H2,18,19). The maximum absolute atomic E-state index is 6.05. The van der Waals surface area contributed by atoms with Crippen LogP contribution in [0.2, 0.25) is 5.02 Å². The number of nitrogens with zero attached hydrogens (tertiary/aromatic N) is 3. The number of rotatable bonds is 7. The van der Waals surface area contributed by atoms with Gasteiger partial charge in [-0.15, -0.1) is 0 Å². The molecule has 1 aromatic rings. The highest BCUT2D eigenvalue weighted by Crippen LogP contribution is 2.19. The molecule has 1 heterocycles. The molecule has 2 rings (SSSR count). The summed E-state index contributed by atoms with van der Waals surface area (Å²) < 4.78 is 10.3. The molecule has 1 fully saturated rings. The van der Waals surface area contributed by atoms with Gasteiger partial charge in [-0.1, -0.05) is 11.6 Å². The number of benzene rings is 1. The van der Waals surface area contributed by atoms with Crippen LogP contribution in [0.25, 0.3) is 0 Å². The number of piperazine rings is 1. The van der Waals surface area contributed by atoms with Gasteiger partial charge in [-0.2, -0.15) is 0 Å². The lowest BCUT2D eigenvalue weighted by Gasteiger charge is -2.36. The summed E-state index contributed by atoms with van der Waals surface area (Å²) in [4.78, 5) is 8.81. The van der Waals surface area contributed by atoms with Crippen LogP contribution in [0.3, 0.4) is 0 Å². The molecular weight excluding hydrogens is 316 g/mol. The average Bonchev–Trinajstić information content (AvgIpc) is 2.58. The Morgan fingerprint density at radius 2 is 1.83 bits per heavy atom. The van der Waals surface area contributed by atoms with E-state index in [1.54, 1.807) is 7.11 Å². The SMILES string of the molecule is COCCOCCN=C(N)N1CCN(c2ccc(Cl)cc2)CC1. The highest BCUT2D eigenvalue weighted by molar-refractivity contribution is 6.30. The Hall–Kier alpha value is -1.50. The van der Waals surface area contributed by atoms with Crippen LogP contribution in [-0.4, -0.2) is 70.5 Å². The summed E-state index contributed by atoms with van der Waals surface area (Å²) in [5, 5.41) is 0.761. The van der Waals surface area contributed by atoms with Crippen molar-refractivity contribution < 1.29 is 9.47 Å². The van der Waals surface area contributed by atoms with Crippen molar-refractivity contribution in [2.45, 2.75) is 0 Å². The minimum absolute atomic E-state index is 0.564. The van der Waals surface area contributed by atoms with E-state index in [4.69, 9.17) is 26.8 Å². The highest BCUT2D eigenvalue weighted by atomic mass is 35.5. The fourth-order valence-corrected chi connectivity index (χ4v) is 2.54. The van der Waals surface area contributed by atoms with E-state index in [2.05, 4.69) is 14.8 Å². The van der Waals surface area contributed by atoms with Gasteiger partial charge in [-0.05, 0) is 24.3 Å². The predicted octanol–water partition coefficient (Wildman–Crippen LogP) is 1.44. The first-order chi connectivity index (χ1) is 11.2. The molecule has 0 spiro atoms. The van der Waals surface area contributed by atoms with Crippen molar-refractivity contribution >= 4 is 23.2 Å². The minimum Gasteiger partial charge on any atom is -0.382 e. The Labute approximate surface area is 142 Å². The van der Waals surface area contributed by atoms with E-state index in [-0.39, 0.29) is 0 Å². The van der Waals surface area contributed by atoms with Gasteiger partial charge in [0.25, 0.3) is 0 Å². The molecule has 7 heteroatoms. The van der Waals surface area contributed by atoms with E-state index in [0.29, 0.717) is 32.3 Å². The number of nitrogens with two attached hydrogens (primary N) is 1.